The van der Waals surface area contributed by atoms with Crippen molar-refractivity contribution in [3.63, 3.8) is 0 Å². The molecule has 2 aromatic rings. The molecule has 17 heavy (non-hydrogen) atoms. The van der Waals surface area contributed by atoms with Gasteiger partial charge in [-0.1, -0.05) is 0 Å². The summed E-state index contributed by atoms with van der Waals surface area (Å²) in [5, 5.41) is 4.10. The Morgan fingerprint density at radius 3 is 3.12 bits per heavy atom. The van der Waals surface area contributed by atoms with Crippen molar-refractivity contribution in [3.8, 4) is 5.88 Å². The van der Waals surface area contributed by atoms with Crippen molar-refractivity contribution >= 4 is 5.78 Å². The average molecular weight is 233 g/mol. The zero-order valence-corrected chi connectivity index (χ0v) is 9.71. The molecular weight excluding hydrogens is 218 g/mol. The highest BCUT2D eigenvalue weighted by atomic mass is 16.5. The van der Waals surface area contributed by atoms with Gasteiger partial charge >= 0.3 is 0 Å². The van der Waals surface area contributed by atoms with Gasteiger partial charge in [-0.3, -0.25) is 0 Å². The van der Waals surface area contributed by atoms with E-state index in [1.165, 1.54) is 6.33 Å². The Hall–Kier alpha value is -1.69. The molecule has 90 valence electrons. The molecule has 0 aromatic carbocycles. The Bertz CT molecular complexity index is 532. The molecule has 3 rings (SSSR count). The third-order valence-electron chi connectivity index (χ3n) is 3.16. The maximum Gasteiger partial charge on any atom is 0.255 e. The molecule has 0 spiro atoms. The number of hydrogen-bond acceptors (Lipinski definition) is 5. The van der Waals surface area contributed by atoms with Gasteiger partial charge in [0.05, 0.1) is 0 Å². The van der Waals surface area contributed by atoms with Crippen LogP contribution in [0.4, 0.5) is 0 Å². The van der Waals surface area contributed by atoms with Gasteiger partial charge in [-0.2, -0.15) is 14.6 Å². The summed E-state index contributed by atoms with van der Waals surface area (Å²) in [4.78, 5) is 8.33. The van der Waals surface area contributed by atoms with Crippen molar-refractivity contribution < 1.29 is 4.74 Å². The van der Waals surface area contributed by atoms with E-state index < -0.39 is 0 Å². The molecule has 0 unspecified atom stereocenters. The third kappa shape index (κ3) is 1.84. The van der Waals surface area contributed by atoms with Crippen molar-refractivity contribution in [1.29, 1.82) is 0 Å². The summed E-state index contributed by atoms with van der Waals surface area (Å²) in [6, 6.07) is 1.89. The third-order valence-corrected chi connectivity index (χ3v) is 3.16. The zero-order valence-electron chi connectivity index (χ0n) is 9.71. The van der Waals surface area contributed by atoms with E-state index in [1.807, 2.05) is 13.0 Å². The van der Waals surface area contributed by atoms with Crippen molar-refractivity contribution in [2.24, 2.45) is 11.7 Å². The first-order valence-corrected chi connectivity index (χ1v) is 5.80. The lowest BCUT2D eigenvalue weighted by Gasteiger charge is -2.34. The van der Waals surface area contributed by atoms with Crippen LogP contribution in [0.1, 0.15) is 18.5 Å². The lowest BCUT2D eigenvalue weighted by atomic mass is 9.82. The second-order valence-corrected chi connectivity index (χ2v) is 4.52. The van der Waals surface area contributed by atoms with Crippen LogP contribution in [0.2, 0.25) is 0 Å². The summed E-state index contributed by atoms with van der Waals surface area (Å²) < 4.78 is 7.53. The van der Waals surface area contributed by atoms with Crippen molar-refractivity contribution in [3.05, 3.63) is 18.1 Å². The first kappa shape index (κ1) is 10.5. The first-order valence-electron chi connectivity index (χ1n) is 5.80. The highest BCUT2D eigenvalue weighted by Gasteiger charge is 2.30. The summed E-state index contributed by atoms with van der Waals surface area (Å²) >= 11 is 0. The largest absolute Gasteiger partial charge is 0.474 e. The quantitative estimate of drug-likeness (QED) is 0.837. The minimum atomic E-state index is 0.248. The molecule has 6 heteroatoms. The highest BCUT2D eigenvalue weighted by molar-refractivity contribution is 5.32. The molecule has 0 amide bonds. The fourth-order valence-corrected chi connectivity index (χ4v) is 2.11. The van der Waals surface area contributed by atoms with E-state index in [0.29, 0.717) is 17.6 Å². The molecule has 1 aliphatic carbocycles. The van der Waals surface area contributed by atoms with E-state index in [9.17, 15) is 0 Å². The summed E-state index contributed by atoms with van der Waals surface area (Å²) in [6.45, 7) is 2.67. The van der Waals surface area contributed by atoms with E-state index >= 15 is 0 Å². The lowest BCUT2D eigenvalue weighted by molar-refractivity contribution is 0.0625. The molecule has 6 nitrogen and oxygen atoms in total. The summed E-state index contributed by atoms with van der Waals surface area (Å²) in [6.07, 6.45) is 3.78. The second kappa shape index (κ2) is 3.96. The SMILES string of the molecule is Cc1cc(OC2CC(CN)C2)n2ncnc2n1. The van der Waals surface area contributed by atoms with Crippen LogP contribution in [0.5, 0.6) is 5.88 Å². The number of nitrogens with two attached hydrogens (primary N) is 1. The minimum absolute atomic E-state index is 0.248. The Balaban J connectivity index is 1.83. The van der Waals surface area contributed by atoms with Crippen LogP contribution in [0.25, 0.3) is 5.78 Å². The fraction of sp³-hybridized carbons (Fsp3) is 0.545. The van der Waals surface area contributed by atoms with Gasteiger partial charge in [0.2, 0.25) is 5.88 Å². The zero-order chi connectivity index (χ0) is 11.8. The number of nitrogens with zero attached hydrogens (tertiary/aromatic N) is 4. The number of ether oxygens (including phenoxy) is 1. The minimum Gasteiger partial charge on any atom is -0.474 e. The van der Waals surface area contributed by atoms with Crippen molar-refractivity contribution in [1.82, 2.24) is 19.6 Å². The topological polar surface area (TPSA) is 78.3 Å². The van der Waals surface area contributed by atoms with Crippen molar-refractivity contribution in [2.75, 3.05) is 6.54 Å². The Labute approximate surface area is 98.8 Å². The van der Waals surface area contributed by atoms with E-state index in [1.54, 1.807) is 4.52 Å². The van der Waals surface area contributed by atoms with E-state index in [2.05, 4.69) is 15.1 Å². The molecule has 1 saturated carbocycles. The number of hydrogen-bond donors (Lipinski definition) is 1. The van der Waals surface area contributed by atoms with Gasteiger partial charge in [-0.15, -0.1) is 0 Å². The molecule has 2 aromatic heterocycles. The predicted molar refractivity (Wildman–Crippen MR) is 61.7 cm³/mol. The standard InChI is InChI=1S/C11H15N5O/c1-7-2-10(16-11(15-7)13-6-14-16)17-9-3-8(4-9)5-12/h2,6,8-9H,3-5,12H2,1H3. The van der Waals surface area contributed by atoms with Crippen LogP contribution in [-0.2, 0) is 0 Å². The van der Waals surface area contributed by atoms with Gasteiger partial charge in [-0.05, 0) is 32.2 Å². The second-order valence-electron chi connectivity index (χ2n) is 4.52. The Morgan fingerprint density at radius 1 is 1.53 bits per heavy atom. The van der Waals surface area contributed by atoms with E-state index in [-0.39, 0.29) is 6.10 Å². The normalized spacial score (nSPS) is 23.6. The van der Waals surface area contributed by atoms with Gasteiger partial charge in [0, 0.05) is 11.8 Å². The van der Waals surface area contributed by atoms with Gasteiger partial charge in [0.15, 0.2) is 0 Å². The van der Waals surface area contributed by atoms with Gasteiger partial charge in [0.1, 0.15) is 12.4 Å². The maximum absolute atomic E-state index is 5.90. The first-order chi connectivity index (χ1) is 8.26. The van der Waals surface area contributed by atoms with Crippen LogP contribution in [0.3, 0.4) is 0 Å². The molecular formula is C11H15N5O. The number of aryl methyl sites for hydroxylation is 1. The molecule has 1 fully saturated rings. The molecule has 0 atom stereocenters. The lowest BCUT2D eigenvalue weighted by Crippen LogP contribution is -2.38. The molecule has 0 radical (unpaired) electrons. The number of aromatic nitrogens is 4. The monoisotopic (exact) mass is 233 g/mol. The van der Waals surface area contributed by atoms with E-state index in [0.717, 1.165) is 25.1 Å². The van der Waals surface area contributed by atoms with Crippen LogP contribution < -0.4 is 10.5 Å². The highest BCUT2D eigenvalue weighted by Crippen LogP contribution is 2.30. The Kier molecular flexibility index (Phi) is 2.44. The maximum atomic E-state index is 5.90. The van der Waals surface area contributed by atoms with Gasteiger partial charge in [0.25, 0.3) is 5.78 Å². The number of fused-ring (bicyclic) bond motifs is 1. The van der Waals surface area contributed by atoms with Crippen LogP contribution in [0.15, 0.2) is 12.4 Å². The Morgan fingerprint density at radius 2 is 2.35 bits per heavy atom. The summed E-state index contributed by atoms with van der Waals surface area (Å²) in [7, 11) is 0. The molecule has 0 aliphatic heterocycles. The molecule has 1 aliphatic rings. The van der Waals surface area contributed by atoms with Crippen LogP contribution in [-0.4, -0.2) is 32.2 Å². The smallest absolute Gasteiger partial charge is 0.255 e. The fourth-order valence-electron chi connectivity index (χ4n) is 2.11. The average Bonchev–Trinajstić information content (AvgIpc) is 2.70. The van der Waals surface area contributed by atoms with Crippen molar-refractivity contribution in [2.45, 2.75) is 25.9 Å². The summed E-state index contributed by atoms with van der Waals surface area (Å²) in [5.41, 5.74) is 6.48. The van der Waals surface area contributed by atoms with E-state index in [4.69, 9.17) is 10.5 Å². The molecule has 0 saturated heterocycles. The van der Waals surface area contributed by atoms with Crippen LogP contribution in [0, 0.1) is 12.8 Å². The predicted octanol–water partition coefficient (Wildman–Crippen LogP) is 0.549. The molecule has 2 N–H and O–H groups in total. The molecule has 0 bridgehead atoms. The van der Waals surface area contributed by atoms with Gasteiger partial charge in [-0.25, -0.2) is 4.98 Å². The number of rotatable bonds is 3. The summed E-state index contributed by atoms with van der Waals surface area (Å²) in [5.74, 6) is 1.90. The van der Waals surface area contributed by atoms with Crippen LogP contribution >= 0.6 is 0 Å². The molecule has 2 heterocycles. The van der Waals surface area contributed by atoms with Gasteiger partial charge < -0.3 is 10.5 Å².